The first-order chi connectivity index (χ1) is 7.93. The normalized spacial score (nSPS) is 10.7. The first-order valence-corrected chi connectivity index (χ1v) is 5.70. The van der Waals surface area contributed by atoms with Gasteiger partial charge in [0.05, 0.1) is 18.1 Å². The molecule has 102 valence electrons. The van der Waals surface area contributed by atoms with Gasteiger partial charge in [-0.25, -0.2) is 9.97 Å². The minimum atomic E-state index is -0.0747. The number of nitrogens with zero attached hydrogens (tertiary/aromatic N) is 2. The van der Waals surface area contributed by atoms with Gasteiger partial charge in [0.2, 0.25) is 5.91 Å². The minimum absolute atomic E-state index is 0. The highest BCUT2D eigenvalue weighted by molar-refractivity contribution is 5.90. The Kier molecular flexibility index (Phi) is 6.80. The van der Waals surface area contributed by atoms with Crippen molar-refractivity contribution in [1.29, 1.82) is 0 Å². The summed E-state index contributed by atoms with van der Waals surface area (Å²) in [5, 5.41) is 5.67. The molecule has 0 fully saturated rings. The van der Waals surface area contributed by atoms with E-state index in [2.05, 4.69) is 20.6 Å². The van der Waals surface area contributed by atoms with Gasteiger partial charge in [0.15, 0.2) is 0 Å². The summed E-state index contributed by atoms with van der Waals surface area (Å²) >= 11 is 0. The first-order valence-electron chi connectivity index (χ1n) is 5.70. The van der Waals surface area contributed by atoms with Crippen molar-refractivity contribution in [3.8, 4) is 0 Å². The van der Waals surface area contributed by atoms with Crippen molar-refractivity contribution in [2.24, 2.45) is 0 Å². The zero-order valence-electron chi connectivity index (χ0n) is 11.3. The second kappa shape index (κ2) is 7.28. The fourth-order valence-corrected chi connectivity index (χ4v) is 1.24. The number of hydrogen-bond acceptors (Lipinski definition) is 4. The monoisotopic (exact) mass is 272 g/mol. The Hall–Kier alpha value is -1.20. The molecule has 0 unspecified atom stereocenters. The molecule has 0 saturated carbocycles. The van der Waals surface area contributed by atoms with Gasteiger partial charge in [0, 0.05) is 18.4 Å². The fraction of sp³-hybridized carbons (Fsp3) is 0.583. The Labute approximate surface area is 114 Å². The maximum absolute atomic E-state index is 11.4. The van der Waals surface area contributed by atoms with Crippen LogP contribution in [-0.4, -0.2) is 29.5 Å². The van der Waals surface area contributed by atoms with Crippen LogP contribution in [0.15, 0.2) is 12.4 Å². The number of carbonyl (C=O) groups is 1. The van der Waals surface area contributed by atoms with Gasteiger partial charge in [-0.3, -0.25) is 4.79 Å². The van der Waals surface area contributed by atoms with E-state index in [4.69, 9.17) is 0 Å². The summed E-state index contributed by atoms with van der Waals surface area (Å²) in [6, 6.07) is 0. The SMILES string of the molecule is CNCCC(=O)Nc1cnc(C(C)(C)C)nc1.Cl. The average Bonchev–Trinajstić information content (AvgIpc) is 2.26. The molecule has 1 aromatic heterocycles. The van der Waals surface area contributed by atoms with E-state index in [1.807, 2.05) is 27.8 Å². The molecule has 0 aliphatic carbocycles. The highest BCUT2D eigenvalue weighted by Gasteiger charge is 2.16. The maximum atomic E-state index is 11.4. The third-order valence-corrected chi connectivity index (χ3v) is 2.21. The van der Waals surface area contributed by atoms with Crippen LogP contribution in [0.4, 0.5) is 5.69 Å². The molecule has 2 N–H and O–H groups in total. The summed E-state index contributed by atoms with van der Waals surface area (Å²) in [5.74, 6) is 0.734. The molecule has 1 rings (SSSR count). The number of carbonyl (C=O) groups excluding carboxylic acids is 1. The van der Waals surface area contributed by atoms with E-state index >= 15 is 0 Å². The van der Waals surface area contributed by atoms with E-state index in [1.165, 1.54) is 0 Å². The van der Waals surface area contributed by atoms with E-state index in [0.29, 0.717) is 18.7 Å². The Bertz CT molecular complexity index is 373. The van der Waals surface area contributed by atoms with Crippen molar-refractivity contribution in [3.05, 3.63) is 18.2 Å². The first kappa shape index (κ1) is 16.8. The molecule has 0 saturated heterocycles. The smallest absolute Gasteiger partial charge is 0.225 e. The third kappa shape index (κ3) is 5.42. The number of halogens is 1. The molecule has 0 spiro atoms. The van der Waals surface area contributed by atoms with Crippen molar-refractivity contribution in [2.75, 3.05) is 18.9 Å². The van der Waals surface area contributed by atoms with Crippen LogP contribution in [0.25, 0.3) is 0 Å². The van der Waals surface area contributed by atoms with Crippen molar-refractivity contribution in [3.63, 3.8) is 0 Å². The molecule has 0 aromatic carbocycles. The van der Waals surface area contributed by atoms with Crippen LogP contribution < -0.4 is 10.6 Å². The Balaban J connectivity index is 0.00000289. The summed E-state index contributed by atoms with van der Waals surface area (Å²) in [4.78, 5) is 19.9. The summed E-state index contributed by atoms with van der Waals surface area (Å²) in [6.45, 7) is 6.81. The van der Waals surface area contributed by atoms with Crippen molar-refractivity contribution in [1.82, 2.24) is 15.3 Å². The van der Waals surface area contributed by atoms with Crippen LogP contribution in [0.2, 0.25) is 0 Å². The lowest BCUT2D eigenvalue weighted by atomic mass is 9.96. The number of nitrogens with one attached hydrogen (secondary N) is 2. The molecule has 0 aliphatic heterocycles. The number of amides is 1. The molecule has 0 radical (unpaired) electrons. The lowest BCUT2D eigenvalue weighted by Gasteiger charge is -2.16. The van der Waals surface area contributed by atoms with Crippen molar-refractivity contribution in [2.45, 2.75) is 32.6 Å². The summed E-state index contributed by atoms with van der Waals surface area (Å²) in [5.41, 5.74) is 0.563. The second-order valence-electron chi connectivity index (χ2n) is 4.95. The Morgan fingerprint density at radius 2 is 1.83 bits per heavy atom. The van der Waals surface area contributed by atoms with Gasteiger partial charge >= 0.3 is 0 Å². The zero-order chi connectivity index (χ0) is 12.9. The molecule has 1 heterocycles. The Morgan fingerprint density at radius 1 is 1.28 bits per heavy atom. The number of anilines is 1. The molecule has 18 heavy (non-hydrogen) atoms. The van der Waals surface area contributed by atoms with E-state index in [0.717, 1.165) is 5.82 Å². The molecular formula is C12H21ClN4O. The van der Waals surface area contributed by atoms with Gasteiger partial charge in [-0.1, -0.05) is 20.8 Å². The van der Waals surface area contributed by atoms with Crippen LogP contribution >= 0.6 is 12.4 Å². The second-order valence-corrected chi connectivity index (χ2v) is 4.95. The van der Waals surface area contributed by atoms with Crippen LogP contribution in [0.5, 0.6) is 0 Å². The topological polar surface area (TPSA) is 66.9 Å². The highest BCUT2D eigenvalue weighted by atomic mass is 35.5. The fourth-order valence-electron chi connectivity index (χ4n) is 1.24. The molecular weight excluding hydrogens is 252 g/mol. The van der Waals surface area contributed by atoms with Crippen molar-refractivity contribution < 1.29 is 4.79 Å². The number of hydrogen-bond donors (Lipinski definition) is 2. The molecule has 6 heteroatoms. The van der Waals surface area contributed by atoms with Gasteiger partial charge in [-0.15, -0.1) is 12.4 Å². The molecule has 1 amide bonds. The Morgan fingerprint density at radius 3 is 2.28 bits per heavy atom. The molecule has 1 aromatic rings. The molecule has 0 aliphatic rings. The predicted octanol–water partition coefficient (Wildman–Crippen LogP) is 1.74. The van der Waals surface area contributed by atoms with Gasteiger partial charge in [0.25, 0.3) is 0 Å². The summed E-state index contributed by atoms with van der Waals surface area (Å²) in [7, 11) is 1.81. The van der Waals surface area contributed by atoms with Gasteiger partial charge in [-0.2, -0.15) is 0 Å². The van der Waals surface area contributed by atoms with Gasteiger partial charge in [0.1, 0.15) is 5.82 Å². The largest absolute Gasteiger partial charge is 0.323 e. The number of rotatable bonds is 4. The van der Waals surface area contributed by atoms with E-state index < -0.39 is 0 Å². The standard InChI is InChI=1S/C12H20N4O.ClH/c1-12(2,3)11-14-7-9(8-15-11)16-10(17)5-6-13-4;/h7-8,13H,5-6H2,1-4H3,(H,16,17);1H. The van der Waals surface area contributed by atoms with Crippen LogP contribution in [0.1, 0.15) is 33.0 Å². The minimum Gasteiger partial charge on any atom is -0.323 e. The lowest BCUT2D eigenvalue weighted by Crippen LogP contribution is -2.20. The summed E-state index contributed by atoms with van der Waals surface area (Å²) in [6.07, 6.45) is 3.73. The average molecular weight is 273 g/mol. The maximum Gasteiger partial charge on any atom is 0.225 e. The quantitative estimate of drug-likeness (QED) is 0.876. The van der Waals surface area contributed by atoms with E-state index in [9.17, 15) is 4.79 Å². The van der Waals surface area contributed by atoms with Crippen LogP contribution in [-0.2, 0) is 10.2 Å². The van der Waals surface area contributed by atoms with Gasteiger partial charge in [-0.05, 0) is 7.05 Å². The summed E-state index contributed by atoms with van der Waals surface area (Å²) < 4.78 is 0. The molecule has 0 bridgehead atoms. The van der Waals surface area contributed by atoms with Crippen LogP contribution in [0.3, 0.4) is 0 Å². The van der Waals surface area contributed by atoms with E-state index in [-0.39, 0.29) is 23.7 Å². The molecule has 0 atom stereocenters. The third-order valence-electron chi connectivity index (χ3n) is 2.21. The lowest BCUT2D eigenvalue weighted by molar-refractivity contribution is -0.116. The highest BCUT2D eigenvalue weighted by Crippen LogP contribution is 2.18. The predicted molar refractivity (Wildman–Crippen MR) is 75.2 cm³/mol. The number of aromatic nitrogens is 2. The van der Waals surface area contributed by atoms with Crippen molar-refractivity contribution >= 4 is 24.0 Å². The van der Waals surface area contributed by atoms with Gasteiger partial charge < -0.3 is 10.6 Å². The molecule has 5 nitrogen and oxygen atoms in total. The van der Waals surface area contributed by atoms with E-state index in [1.54, 1.807) is 12.4 Å². The van der Waals surface area contributed by atoms with Crippen LogP contribution in [0, 0.1) is 0 Å². The zero-order valence-corrected chi connectivity index (χ0v) is 12.1.